The Morgan fingerprint density at radius 2 is 2.27 bits per heavy atom. The van der Waals surface area contributed by atoms with Crippen LogP contribution in [-0.2, 0) is 4.79 Å². The van der Waals surface area contributed by atoms with Crippen molar-refractivity contribution in [3.63, 3.8) is 0 Å². The Morgan fingerprint density at radius 3 is 2.87 bits per heavy atom. The Morgan fingerprint density at radius 1 is 1.47 bits per heavy atom. The fourth-order valence-electron chi connectivity index (χ4n) is 2.03. The number of carbonyl (C=O) groups is 1. The number of hydrogen-bond acceptors (Lipinski definition) is 3. The molecule has 0 heterocycles. The summed E-state index contributed by atoms with van der Waals surface area (Å²) in [6.07, 6.45) is 7.44. The second-order valence-electron chi connectivity index (χ2n) is 4.19. The van der Waals surface area contributed by atoms with Gasteiger partial charge in [0.25, 0.3) is 0 Å². The minimum Gasteiger partial charge on any atom is -0.356 e. The molecule has 0 radical (unpaired) electrons. The first-order chi connectivity index (χ1) is 7.25. The highest BCUT2D eigenvalue weighted by atomic mass is 32.2. The zero-order valence-electron chi connectivity index (χ0n) is 9.50. The van der Waals surface area contributed by atoms with Crippen LogP contribution in [-0.4, -0.2) is 30.5 Å². The lowest BCUT2D eigenvalue weighted by atomic mass is 10.0. The molecule has 0 aromatic rings. The van der Waals surface area contributed by atoms with Crippen LogP contribution >= 0.6 is 11.8 Å². The van der Waals surface area contributed by atoms with Gasteiger partial charge in [-0.15, -0.1) is 0 Å². The average molecular weight is 230 g/mol. The van der Waals surface area contributed by atoms with Gasteiger partial charge in [0.2, 0.25) is 5.91 Å². The molecule has 4 heteroatoms. The molecule has 0 aliphatic heterocycles. The van der Waals surface area contributed by atoms with Gasteiger partial charge in [0.15, 0.2) is 0 Å². The average Bonchev–Trinajstić information content (AvgIpc) is 2.64. The number of rotatable bonds is 6. The summed E-state index contributed by atoms with van der Waals surface area (Å²) in [7, 11) is 0. The zero-order valence-corrected chi connectivity index (χ0v) is 10.3. The summed E-state index contributed by atoms with van der Waals surface area (Å²) in [4.78, 5) is 11.7. The first kappa shape index (κ1) is 12.8. The van der Waals surface area contributed by atoms with Crippen LogP contribution in [0.4, 0.5) is 0 Å². The quantitative estimate of drug-likeness (QED) is 0.678. The van der Waals surface area contributed by atoms with Crippen LogP contribution in [0.25, 0.3) is 0 Å². The maximum atomic E-state index is 11.7. The smallest absolute Gasteiger partial charge is 0.224 e. The first-order valence-corrected chi connectivity index (χ1v) is 7.17. The van der Waals surface area contributed by atoms with Crippen molar-refractivity contribution in [1.82, 2.24) is 5.32 Å². The highest BCUT2D eigenvalue weighted by Gasteiger charge is 2.29. The Bertz CT molecular complexity index is 199. The van der Waals surface area contributed by atoms with E-state index in [9.17, 15) is 4.79 Å². The predicted molar refractivity (Wildman–Crippen MR) is 65.9 cm³/mol. The van der Waals surface area contributed by atoms with Gasteiger partial charge in [0.1, 0.15) is 0 Å². The van der Waals surface area contributed by atoms with Crippen molar-refractivity contribution in [3.8, 4) is 0 Å². The van der Waals surface area contributed by atoms with E-state index in [0.29, 0.717) is 0 Å². The molecule has 88 valence electrons. The van der Waals surface area contributed by atoms with Crippen LogP contribution in [0.5, 0.6) is 0 Å². The van der Waals surface area contributed by atoms with Gasteiger partial charge in [-0.25, -0.2) is 0 Å². The molecule has 1 amide bonds. The summed E-state index contributed by atoms with van der Waals surface area (Å²) in [5, 5.41) is 2.99. The Kier molecular flexibility index (Phi) is 6.10. The zero-order chi connectivity index (χ0) is 11.1. The molecule has 0 spiro atoms. The standard InChI is InChI=1S/C11H22N2OS/c1-15-8-3-2-7-13-11(14)9-5-4-6-10(9)12/h9-10H,2-8,12H2,1H3,(H,13,14)/t9-,10-/m0/s1. The first-order valence-electron chi connectivity index (χ1n) is 5.78. The number of hydrogen-bond donors (Lipinski definition) is 2. The minimum atomic E-state index is 0.0746. The van der Waals surface area contributed by atoms with Crippen molar-refractivity contribution >= 4 is 17.7 Å². The molecule has 0 unspecified atom stereocenters. The Balaban J connectivity index is 2.08. The van der Waals surface area contributed by atoms with Crippen LogP contribution in [0.15, 0.2) is 0 Å². The van der Waals surface area contributed by atoms with Crippen molar-refractivity contribution in [1.29, 1.82) is 0 Å². The van der Waals surface area contributed by atoms with Crippen LogP contribution in [0.3, 0.4) is 0 Å². The van der Waals surface area contributed by atoms with Crippen LogP contribution < -0.4 is 11.1 Å². The van der Waals surface area contributed by atoms with Crippen molar-refractivity contribution in [2.45, 2.75) is 38.1 Å². The van der Waals surface area contributed by atoms with Gasteiger partial charge in [-0.3, -0.25) is 4.79 Å². The van der Waals surface area contributed by atoms with Crippen molar-refractivity contribution < 1.29 is 4.79 Å². The van der Waals surface area contributed by atoms with Crippen LogP contribution in [0.1, 0.15) is 32.1 Å². The van der Waals surface area contributed by atoms with E-state index in [4.69, 9.17) is 5.73 Å². The normalized spacial score (nSPS) is 25.5. The maximum absolute atomic E-state index is 11.7. The molecule has 3 N–H and O–H groups in total. The van der Waals surface area contributed by atoms with E-state index in [2.05, 4.69) is 11.6 Å². The van der Waals surface area contributed by atoms with Gasteiger partial charge in [0, 0.05) is 12.6 Å². The summed E-state index contributed by atoms with van der Waals surface area (Å²) in [5.41, 5.74) is 5.87. The van der Waals surface area contributed by atoms with E-state index in [1.807, 2.05) is 11.8 Å². The summed E-state index contributed by atoms with van der Waals surface area (Å²) in [6.45, 7) is 0.808. The predicted octanol–water partition coefficient (Wildman–Crippen LogP) is 1.37. The van der Waals surface area contributed by atoms with E-state index < -0.39 is 0 Å². The molecule has 2 atom stereocenters. The molecular weight excluding hydrogens is 208 g/mol. The fraction of sp³-hybridized carbons (Fsp3) is 0.909. The van der Waals surface area contributed by atoms with Crippen LogP contribution in [0, 0.1) is 5.92 Å². The van der Waals surface area contributed by atoms with E-state index in [0.717, 1.165) is 32.2 Å². The third kappa shape index (κ3) is 4.43. The lowest BCUT2D eigenvalue weighted by Gasteiger charge is -2.14. The molecule has 1 rings (SSSR count). The molecule has 1 saturated carbocycles. The SMILES string of the molecule is CSCCCCNC(=O)[C@H]1CCC[C@@H]1N. The lowest BCUT2D eigenvalue weighted by Crippen LogP contribution is -2.38. The topological polar surface area (TPSA) is 55.1 Å². The number of carbonyl (C=O) groups excluding carboxylic acids is 1. The highest BCUT2D eigenvalue weighted by molar-refractivity contribution is 7.98. The summed E-state index contributed by atoms with van der Waals surface area (Å²) in [5.74, 6) is 1.42. The van der Waals surface area contributed by atoms with Crippen molar-refractivity contribution in [2.24, 2.45) is 11.7 Å². The van der Waals surface area contributed by atoms with Gasteiger partial charge in [-0.2, -0.15) is 11.8 Å². The molecule has 3 nitrogen and oxygen atoms in total. The second-order valence-corrected chi connectivity index (χ2v) is 5.18. The lowest BCUT2D eigenvalue weighted by molar-refractivity contribution is -0.125. The third-order valence-electron chi connectivity index (χ3n) is 2.98. The van der Waals surface area contributed by atoms with Gasteiger partial charge in [-0.05, 0) is 37.7 Å². The molecular formula is C11H22N2OS. The van der Waals surface area contributed by atoms with E-state index >= 15 is 0 Å². The summed E-state index contributed by atoms with van der Waals surface area (Å²) >= 11 is 1.85. The van der Waals surface area contributed by atoms with Gasteiger partial charge in [0.05, 0.1) is 5.92 Å². The molecule has 0 bridgehead atoms. The number of thioether (sulfide) groups is 1. The second kappa shape index (κ2) is 7.12. The molecule has 15 heavy (non-hydrogen) atoms. The summed E-state index contributed by atoms with van der Waals surface area (Å²) < 4.78 is 0. The number of unbranched alkanes of at least 4 members (excludes halogenated alkanes) is 1. The molecule has 0 aromatic heterocycles. The Hall–Kier alpha value is -0.220. The molecule has 1 fully saturated rings. The Labute approximate surface area is 96.6 Å². The largest absolute Gasteiger partial charge is 0.356 e. The number of nitrogens with one attached hydrogen (secondary N) is 1. The summed E-state index contributed by atoms with van der Waals surface area (Å²) in [6, 6.07) is 0.0937. The molecule has 1 aliphatic rings. The monoisotopic (exact) mass is 230 g/mol. The van der Waals surface area contributed by atoms with E-state index in [1.165, 1.54) is 12.2 Å². The van der Waals surface area contributed by atoms with Crippen molar-refractivity contribution in [3.05, 3.63) is 0 Å². The van der Waals surface area contributed by atoms with Gasteiger partial charge in [-0.1, -0.05) is 6.42 Å². The van der Waals surface area contributed by atoms with Crippen LogP contribution in [0.2, 0.25) is 0 Å². The molecule has 1 aliphatic carbocycles. The molecule has 0 saturated heterocycles. The van der Waals surface area contributed by atoms with E-state index in [1.54, 1.807) is 0 Å². The maximum Gasteiger partial charge on any atom is 0.224 e. The third-order valence-corrected chi connectivity index (χ3v) is 3.68. The minimum absolute atomic E-state index is 0.0746. The van der Waals surface area contributed by atoms with Gasteiger partial charge >= 0.3 is 0 Å². The highest BCUT2D eigenvalue weighted by Crippen LogP contribution is 2.23. The molecule has 0 aromatic carbocycles. The van der Waals surface area contributed by atoms with E-state index in [-0.39, 0.29) is 17.9 Å². The van der Waals surface area contributed by atoms with Gasteiger partial charge < -0.3 is 11.1 Å². The van der Waals surface area contributed by atoms with Crippen molar-refractivity contribution in [2.75, 3.05) is 18.6 Å². The fourth-order valence-corrected chi connectivity index (χ4v) is 2.52. The number of amides is 1. The number of nitrogens with two attached hydrogens (primary N) is 1.